The maximum atomic E-state index is 5.56. The Bertz CT molecular complexity index is 156. The Morgan fingerprint density at radius 3 is 2.69 bits per heavy atom. The predicted octanol–water partition coefficient (Wildman–Crippen LogP) is 1.64. The van der Waals surface area contributed by atoms with Crippen LogP contribution in [0.1, 0.15) is 33.1 Å². The zero-order valence-electron chi connectivity index (χ0n) is 10.9. The first-order valence-electron chi connectivity index (χ1n) is 6.78. The molecule has 3 heteroatoms. The largest absolute Gasteiger partial charge is 0.380 e. The Labute approximate surface area is 100 Å². The van der Waals surface area contributed by atoms with Crippen molar-refractivity contribution in [1.29, 1.82) is 0 Å². The molecular formula is C13H28N2O. The molecule has 1 aliphatic heterocycles. The molecule has 0 unspecified atom stereocenters. The van der Waals surface area contributed by atoms with Crippen LogP contribution >= 0.6 is 0 Å². The number of piperidine rings is 1. The van der Waals surface area contributed by atoms with Gasteiger partial charge in [-0.05, 0) is 50.7 Å². The average Bonchev–Trinajstić information content (AvgIpc) is 2.29. The molecule has 1 heterocycles. The molecular weight excluding hydrogens is 200 g/mol. The summed E-state index contributed by atoms with van der Waals surface area (Å²) in [7, 11) is 0. The van der Waals surface area contributed by atoms with E-state index in [1.807, 2.05) is 0 Å². The van der Waals surface area contributed by atoms with Gasteiger partial charge in [0, 0.05) is 13.2 Å². The van der Waals surface area contributed by atoms with Crippen LogP contribution in [0.5, 0.6) is 0 Å². The molecule has 0 aromatic carbocycles. The molecule has 96 valence electrons. The molecule has 0 aromatic rings. The topological polar surface area (TPSA) is 33.3 Å². The molecule has 1 saturated heterocycles. The second kappa shape index (κ2) is 8.97. The van der Waals surface area contributed by atoms with Gasteiger partial charge in [0.15, 0.2) is 0 Å². The van der Waals surface area contributed by atoms with Crippen LogP contribution in [-0.4, -0.2) is 39.4 Å². The summed E-state index contributed by atoms with van der Waals surface area (Å²) in [5.74, 6) is 1.62. The molecule has 0 radical (unpaired) electrons. The van der Waals surface area contributed by atoms with E-state index in [2.05, 4.69) is 24.5 Å². The minimum atomic E-state index is 0.752. The van der Waals surface area contributed by atoms with E-state index in [0.29, 0.717) is 0 Å². The highest BCUT2D eigenvalue weighted by Gasteiger charge is 2.11. The van der Waals surface area contributed by atoms with Crippen molar-refractivity contribution in [3.8, 4) is 0 Å². The lowest BCUT2D eigenvalue weighted by Gasteiger charge is -2.22. The molecule has 1 rings (SSSR count). The maximum Gasteiger partial charge on any atom is 0.0590 e. The van der Waals surface area contributed by atoms with Crippen molar-refractivity contribution < 1.29 is 4.74 Å². The summed E-state index contributed by atoms with van der Waals surface area (Å²) in [6.07, 6.45) is 3.82. The summed E-state index contributed by atoms with van der Waals surface area (Å²) in [6.45, 7) is 10.8. The molecule has 0 saturated carbocycles. The van der Waals surface area contributed by atoms with E-state index < -0.39 is 0 Å². The minimum Gasteiger partial charge on any atom is -0.380 e. The molecule has 0 atom stereocenters. The van der Waals surface area contributed by atoms with E-state index in [4.69, 9.17) is 4.74 Å². The second-order valence-corrected chi connectivity index (χ2v) is 5.19. The number of nitrogens with one attached hydrogen (secondary N) is 2. The van der Waals surface area contributed by atoms with Crippen LogP contribution in [0.4, 0.5) is 0 Å². The Morgan fingerprint density at radius 2 is 2.00 bits per heavy atom. The van der Waals surface area contributed by atoms with Gasteiger partial charge < -0.3 is 15.4 Å². The van der Waals surface area contributed by atoms with E-state index >= 15 is 0 Å². The summed E-state index contributed by atoms with van der Waals surface area (Å²) in [5, 5.41) is 6.88. The molecule has 1 fully saturated rings. The highest BCUT2D eigenvalue weighted by atomic mass is 16.5. The molecule has 16 heavy (non-hydrogen) atoms. The number of rotatable bonds is 8. The SMILES string of the molecule is CC(C)CCOCCNCC1CCNCC1. The molecule has 2 N–H and O–H groups in total. The first-order valence-corrected chi connectivity index (χ1v) is 6.78. The quantitative estimate of drug-likeness (QED) is 0.620. The standard InChI is InChI=1S/C13H28N2O/c1-12(2)5-9-16-10-8-15-11-13-3-6-14-7-4-13/h12-15H,3-11H2,1-2H3. The second-order valence-electron chi connectivity index (χ2n) is 5.19. The molecule has 0 spiro atoms. The van der Waals surface area contributed by atoms with Gasteiger partial charge in [0.1, 0.15) is 0 Å². The van der Waals surface area contributed by atoms with Gasteiger partial charge in [-0.3, -0.25) is 0 Å². The van der Waals surface area contributed by atoms with Gasteiger partial charge >= 0.3 is 0 Å². The molecule has 0 aliphatic carbocycles. The molecule has 1 aliphatic rings. The van der Waals surface area contributed by atoms with Gasteiger partial charge in [-0.15, -0.1) is 0 Å². The summed E-state index contributed by atoms with van der Waals surface area (Å²) < 4.78 is 5.56. The van der Waals surface area contributed by atoms with Gasteiger partial charge in [0.05, 0.1) is 6.61 Å². The zero-order chi connectivity index (χ0) is 11.6. The van der Waals surface area contributed by atoms with E-state index in [1.165, 1.54) is 32.4 Å². The fourth-order valence-corrected chi connectivity index (χ4v) is 1.96. The summed E-state index contributed by atoms with van der Waals surface area (Å²) >= 11 is 0. The van der Waals surface area contributed by atoms with Crippen LogP contribution in [-0.2, 0) is 4.74 Å². The van der Waals surface area contributed by atoms with Crippen LogP contribution in [0.2, 0.25) is 0 Å². The van der Waals surface area contributed by atoms with Crippen molar-refractivity contribution in [2.24, 2.45) is 11.8 Å². The zero-order valence-corrected chi connectivity index (χ0v) is 10.9. The first kappa shape index (κ1) is 13.9. The molecule has 0 bridgehead atoms. The highest BCUT2D eigenvalue weighted by Crippen LogP contribution is 2.09. The summed E-state index contributed by atoms with van der Waals surface area (Å²) in [5.41, 5.74) is 0. The monoisotopic (exact) mass is 228 g/mol. The third-order valence-corrected chi connectivity index (χ3v) is 3.15. The predicted molar refractivity (Wildman–Crippen MR) is 68.7 cm³/mol. The smallest absolute Gasteiger partial charge is 0.0590 e. The van der Waals surface area contributed by atoms with Crippen molar-refractivity contribution in [3.05, 3.63) is 0 Å². The van der Waals surface area contributed by atoms with Crippen LogP contribution in [0.3, 0.4) is 0 Å². The third kappa shape index (κ3) is 7.20. The molecule has 0 amide bonds. The van der Waals surface area contributed by atoms with Gasteiger partial charge in [0.25, 0.3) is 0 Å². The van der Waals surface area contributed by atoms with Crippen molar-refractivity contribution in [2.45, 2.75) is 33.1 Å². The van der Waals surface area contributed by atoms with Crippen molar-refractivity contribution in [1.82, 2.24) is 10.6 Å². The van der Waals surface area contributed by atoms with E-state index in [1.54, 1.807) is 0 Å². The van der Waals surface area contributed by atoms with Crippen LogP contribution in [0.25, 0.3) is 0 Å². The van der Waals surface area contributed by atoms with Gasteiger partial charge in [-0.1, -0.05) is 13.8 Å². The number of ether oxygens (including phenoxy) is 1. The lowest BCUT2D eigenvalue weighted by molar-refractivity contribution is 0.124. The maximum absolute atomic E-state index is 5.56. The van der Waals surface area contributed by atoms with E-state index in [0.717, 1.165) is 38.1 Å². The fourth-order valence-electron chi connectivity index (χ4n) is 1.96. The lowest BCUT2D eigenvalue weighted by atomic mass is 9.98. The van der Waals surface area contributed by atoms with Crippen molar-refractivity contribution >= 4 is 0 Å². The van der Waals surface area contributed by atoms with Gasteiger partial charge in [-0.25, -0.2) is 0 Å². The van der Waals surface area contributed by atoms with Crippen molar-refractivity contribution in [3.63, 3.8) is 0 Å². The van der Waals surface area contributed by atoms with Crippen molar-refractivity contribution in [2.75, 3.05) is 39.4 Å². The Balaban J connectivity index is 1.80. The van der Waals surface area contributed by atoms with E-state index in [9.17, 15) is 0 Å². The first-order chi connectivity index (χ1) is 7.79. The Morgan fingerprint density at radius 1 is 1.25 bits per heavy atom. The molecule has 3 nitrogen and oxygen atoms in total. The number of hydrogen-bond acceptors (Lipinski definition) is 3. The Hall–Kier alpha value is -0.120. The number of hydrogen-bond donors (Lipinski definition) is 2. The molecule has 0 aromatic heterocycles. The van der Waals surface area contributed by atoms with E-state index in [-0.39, 0.29) is 0 Å². The van der Waals surface area contributed by atoms with Crippen LogP contribution < -0.4 is 10.6 Å². The minimum absolute atomic E-state index is 0.752. The van der Waals surface area contributed by atoms with Gasteiger partial charge in [-0.2, -0.15) is 0 Å². The summed E-state index contributed by atoms with van der Waals surface area (Å²) in [4.78, 5) is 0. The summed E-state index contributed by atoms with van der Waals surface area (Å²) in [6, 6.07) is 0. The van der Waals surface area contributed by atoms with Crippen LogP contribution in [0, 0.1) is 11.8 Å². The third-order valence-electron chi connectivity index (χ3n) is 3.15. The average molecular weight is 228 g/mol. The van der Waals surface area contributed by atoms with Gasteiger partial charge in [0.2, 0.25) is 0 Å². The lowest BCUT2D eigenvalue weighted by Crippen LogP contribution is -2.34. The van der Waals surface area contributed by atoms with Crippen LogP contribution in [0.15, 0.2) is 0 Å². The Kier molecular flexibility index (Phi) is 7.81. The normalized spacial score (nSPS) is 18.2. The fraction of sp³-hybridized carbons (Fsp3) is 1.00. The highest BCUT2D eigenvalue weighted by molar-refractivity contribution is 4.70.